The van der Waals surface area contributed by atoms with E-state index in [0.29, 0.717) is 13.1 Å². The summed E-state index contributed by atoms with van der Waals surface area (Å²) >= 11 is 0. The fourth-order valence-corrected chi connectivity index (χ4v) is 3.29. The zero-order valence-corrected chi connectivity index (χ0v) is 16.3. The molecular formula is C22H31N3O2. The summed E-state index contributed by atoms with van der Waals surface area (Å²) in [5.41, 5.74) is 1.99. The van der Waals surface area contributed by atoms with Crippen LogP contribution in [0.2, 0.25) is 0 Å². The zero-order valence-electron chi connectivity index (χ0n) is 16.3. The van der Waals surface area contributed by atoms with E-state index in [1.807, 2.05) is 62.5 Å². The maximum atomic E-state index is 12.8. The largest absolute Gasteiger partial charge is 0.392 e. The van der Waals surface area contributed by atoms with Crippen LogP contribution in [0.15, 0.2) is 66.8 Å². The topological polar surface area (TPSA) is 55.8 Å². The molecule has 0 aliphatic carbocycles. The van der Waals surface area contributed by atoms with Gasteiger partial charge >= 0.3 is 0 Å². The van der Waals surface area contributed by atoms with Gasteiger partial charge in [-0.3, -0.25) is 9.69 Å². The van der Waals surface area contributed by atoms with Gasteiger partial charge in [0.2, 0.25) is 5.91 Å². The van der Waals surface area contributed by atoms with Gasteiger partial charge < -0.3 is 15.3 Å². The highest BCUT2D eigenvalue weighted by Crippen LogP contribution is 2.17. The molecule has 0 spiro atoms. The minimum atomic E-state index is -0.274. The first-order valence-corrected chi connectivity index (χ1v) is 9.45. The second-order valence-electron chi connectivity index (χ2n) is 6.83. The average molecular weight is 370 g/mol. The molecule has 1 aromatic rings. The monoisotopic (exact) mass is 369 g/mol. The van der Waals surface area contributed by atoms with E-state index >= 15 is 0 Å². The molecule has 0 aromatic heterocycles. The Balaban J connectivity index is 2.08. The van der Waals surface area contributed by atoms with Crippen molar-refractivity contribution in [2.45, 2.75) is 25.5 Å². The van der Waals surface area contributed by atoms with Crippen LogP contribution in [0.5, 0.6) is 0 Å². The third-order valence-corrected chi connectivity index (χ3v) is 4.90. The summed E-state index contributed by atoms with van der Waals surface area (Å²) in [6.07, 6.45) is 8.17. The minimum absolute atomic E-state index is 0.0231. The molecule has 1 saturated heterocycles. The molecule has 1 heterocycles. The van der Waals surface area contributed by atoms with Crippen LogP contribution in [0, 0.1) is 0 Å². The molecule has 0 saturated carbocycles. The van der Waals surface area contributed by atoms with Gasteiger partial charge in [0.1, 0.15) is 0 Å². The number of allylic oxidation sites excluding steroid dienone is 3. The number of hydrogen-bond acceptors (Lipinski definition) is 4. The SMILES string of the molecule is C=C/C=C\C(=C/C)[C@@H](CN1CC[C@H](O)C1)N(C)C(=O)CNc1ccccc1. The molecule has 146 valence electrons. The van der Waals surface area contributed by atoms with Gasteiger partial charge in [-0.05, 0) is 31.1 Å². The van der Waals surface area contributed by atoms with E-state index in [0.717, 1.165) is 24.2 Å². The lowest BCUT2D eigenvalue weighted by atomic mass is 10.0. The quantitative estimate of drug-likeness (QED) is 0.657. The number of benzene rings is 1. The Bertz CT molecular complexity index is 669. The third kappa shape index (κ3) is 6.38. The zero-order chi connectivity index (χ0) is 19.6. The van der Waals surface area contributed by atoms with E-state index in [1.165, 1.54) is 0 Å². The van der Waals surface area contributed by atoms with Gasteiger partial charge in [-0.15, -0.1) is 0 Å². The van der Waals surface area contributed by atoms with E-state index < -0.39 is 0 Å². The van der Waals surface area contributed by atoms with Crippen molar-refractivity contribution < 1.29 is 9.90 Å². The normalized spacial score (nSPS) is 19.2. The van der Waals surface area contributed by atoms with E-state index in [1.54, 1.807) is 11.0 Å². The second kappa shape index (κ2) is 10.7. The number of para-hydroxylation sites is 1. The average Bonchev–Trinajstić information content (AvgIpc) is 3.10. The Labute approximate surface area is 162 Å². The highest BCUT2D eigenvalue weighted by Gasteiger charge is 2.28. The van der Waals surface area contributed by atoms with Crippen LogP contribution in [-0.4, -0.2) is 66.2 Å². The number of nitrogens with zero attached hydrogens (tertiary/aromatic N) is 2. The lowest BCUT2D eigenvalue weighted by Crippen LogP contribution is -2.47. The number of β-amino-alcohol motifs (C(OH)–C–C–N with tert-alkyl or cyclic N) is 1. The molecule has 2 rings (SSSR count). The highest BCUT2D eigenvalue weighted by molar-refractivity contribution is 5.81. The number of aliphatic hydroxyl groups is 1. The summed E-state index contributed by atoms with van der Waals surface area (Å²) in [5.74, 6) is 0.0231. The summed E-state index contributed by atoms with van der Waals surface area (Å²) in [5, 5.41) is 13.0. The molecule has 0 radical (unpaired) electrons. The summed E-state index contributed by atoms with van der Waals surface area (Å²) in [7, 11) is 1.84. The van der Waals surface area contributed by atoms with Gasteiger partial charge in [0.05, 0.1) is 18.7 Å². The molecule has 5 nitrogen and oxygen atoms in total. The van der Waals surface area contributed by atoms with Crippen molar-refractivity contribution in [1.82, 2.24) is 9.80 Å². The number of aliphatic hydroxyl groups excluding tert-OH is 1. The standard InChI is InChI=1S/C22H31N3O2/c1-4-6-10-18(5-2)21(17-25-14-13-20(26)16-25)24(3)22(27)15-23-19-11-8-7-9-12-19/h4-12,20-21,23,26H,1,13-17H2,2-3H3/b10-6-,18-5+/t20-,21+/m0/s1. The number of rotatable bonds is 9. The number of carbonyl (C=O) groups excluding carboxylic acids is 1. The van der Waals surface area contributed by atoms with Crippen molar-refractivity contribution in [3.05, 3.63) is 66.8 Å². The Morgan fingerprint density at radius 3 is 2.78 bits per heavy atom. The summed E-state index contributed by atoms with van der Waals surface area (Å²) in [6.45, 7) is 8.16. The minimum Gasteiger partial charge on any atom is -0.392 e. The second-order valence-corrected chi connectivity index (χ2v) is 6.83. The van der Waals surface area contributed by atoms with Crippen LogP contribution in [0.4, 0.5) is 5.69 Å². The highest BCUT2D eigenvalue weighted by atomic mass is 16.3. The predicted octanol–water partition coefficient (Wildman–Crippen LogP) is 2.68. The molecular weight excluding hydrogens is 338 g/mol. The smallest absolute Gasteiger partial charge is 0.242 e. The molecule has 0 unspecified atom stereocenters. The lowest BCUT2D eigenvalue weighted by Gasteiger charge is -2.33. The van der Waals surface area contributed by atoms with Gasteiger partial charge in [0.25, 0.3) is 0 Å². The van der Waals surface area contributed by atoms with Crippen LogP contribution >= 0.6 is 0 Å². The van der Waals surface area contributed by atoms with E-state index in [-0.39, 0.29) is 24.6 Å². The van der Waals surface area contributed by atoms with Crippen LogP contribution < -0.4 is 5.32 Å². The molecule has 2 N–H and O–H groups in total. The van der Waals surface area contributed by atoms with Crippen LogP contribution in [-0.2, 0) is 4.79 Å². The number of carbonyl (C=O) groups is 1. The lowest BCUT2D eigenvalue weighted by molar-refractivity contribution is -0.129. The molecule has 1 amide bonds. The first-order valence-electron chi connectivity index (χ1n) is 9.45. The van der Waals surface area contributed by atoms with Gasteiger partial charge in [0.15, 0.2) is 0 Å². The predicted molar refractivity (Wildman–Crippen MR) is 112 cm³/mol. The van der Waals surface area contributed by atoms with Gasteiger partial charge in [-0.2, -0.15) is 0 Å². The Hall–Kier alpha value is -2.37. The van der Waals surface area contributed by atoms with Crippen LogP contribution in [0.3, 0.4) is 0 Å². The van der Waals surface area contributed by atoms with Crippen molar-refractivity contribution in [3.8, 4) is 0 Å². The summed E-state index contributed by atoms with van der Waals surface area (Å²) in [4.78, 5) is 16.8. The van der Waals surface area contributed by atoms with Crippen molar-refractivity contribution in [1.29, 1.82) is 0 Å². The molecule has 1 aliphatic heterocycles. The van der Waals surface area contributed by atoms with Crippen molar-refractivity contribution >= 4 is 11.6 Å². The van der Waals surface area contributed by atoms with E-state index in [9.17, 15) is 9.90 Å². The molecule has 0 bridgehead atoms. The molecule has 1 fully saturated rings. The van der Waals surface area contributed by atoms with Gasteiger partial charge in [-0.1, -0.05) is 49.1 Å². The molecule has 1 aromatic carbocycles. The number of nitrogens with one attached hydrogen (secondary N) is 1. The van der Waals surface area contributed by atoms with E-state index in [4.69, 9.17) is 0 Å². The van der Waals surface area contributed by atoms with Crippen LogP contribution in [0.25, 0.3) is 0 Å². The number of likely N-dealkylation sites (tertiary alicyclic amines) is 1. The Morgan fingerprint density at radius 2 is 2.19 bits per heavy atom. The Kier molecular flexibility index (Phi) is 8.30. The fraction of sp³-hybridized carbons (Fsp3) is 0.409. The molecule has 5 heteroatoms. The number of amides is 1. The Morgan fingerprint density at radius 1 is 1.44 bits per heavy atom. The van der Waals surface area contributed by atoms with Crippen molar-refractivity contribution in [2.24, 2.45) is 0 Å². The number of likely N-dealkylation sites (N-methyl/N-ethyl adjacent to an activating group) is 1. The molecule has 27 heavy (non-hydrogen) atoms. The summed E-state index contributed by atoms with van der Waals surface area (Å²) in [6, 6.07) is 9.64. The number of hydrogen-bond donors (Lipinski definition) is 2. The van der Waals surface area contributed by atoms with Crippen LogP contribution in [0.1, 0.15) is 13.3 Å². The first kappa shape index (κ1) is 20.9. The maximum Gasteiger partial charge on any atom is 0.242 e. The maximum absolute atomic E-state index is 12.8. The van der Waals surface area contributed by atoms with Crippen molar-refractivity contribution in [2.75, 3.05) is 38.5 Å². The third-order valence-electron chi connectivity index (χ3n) is 4.90. The fourth-order valence-electron chi connectivity index (χ4n) is 3.29. The first-order chi connectivity index (χ1) is 13.0. The molecule has 2 atom stereocenters. The van der Waals surface area contributed by atoms with Gasteiger partial charge in [0, 0.05) is 32.4 Å². The number of anilines is 1. The van der Waals surface area contributed by atoms with Crippen molar-refractivity contribution in [3.63, 3.8) is 0 Å². The molecule has 1 aliphatic rings. The summed E-state index contributed by atoms with van der Waals surface area (Å²) < 4.78 is 0. The van der Waals surface area contributed by atoms with E-state index in [2.05, 4.69) is 16.8 Å². The van der Waals surface area contributed by atoms with Gasteiger partial charge in [-0.25, -0.2) is 0 Å².